The molecule has 0 aliphatic carbocycles. The summed E-state index contributed by atoms with van der Waals surface area (Å²) in [4.78, 5) is 24.7. The highest BCUT2D eigenvalue weighted by atomic mass is 16.6. The first kappa shape index (κ1) is 15.9. The highest BCUT2D eigenvalue weighted by Crippen LogP contribution is 2.40. The van der Waals surface area contributed by atoms with E-state index in [1.165, 1.54) is 12.0 Å². The van der Waals surface area contributed by atoms with Gasteiger partial charge in [0, 0.05) is 19.2 Å². The number of carbonyl (C=O) groups excluding carboxylic acids is 1. The van der Waals surface area contributed by atoms with Crippen LogP contribution in [-0.2, 0) is 4.79 Å². The maximum absolute atomic E-state index is 12.4. The number of carboxylic acid groups (broad SMARTS) is 1. The number of benzene rings is 1. The zero-order valence-corrected chi connectivity index (χ0v) is 12.8. The van der Waals surface area contributed by atoms with Gasteiger partial charge in [-0.15, -0.1) is 0 Å². The van der Waals surface area contributed by atoms with E-state index in [-0.39, 0.29) is 12.5 Å². The summed E-state index contributed by atoms with van der Waals surface area (Å²) in [7, 11) is 3.04. The van der Waals surface area contributed by atoms with Crippen LogP contribution in [0.3, 0.4) is 0 Å². The molecule has 1 amide bonds. The van der Waals surface area contributed by atoms with E-state index in [9.17, 15) is 9.59 Å². The number of rotatable bonds is 5. The second-order valence-electron chi connectivity index (χ2n) is 5.13. The lowest BCUT2D eigenvalue weighted by molar-refractivity contribution is -0.141. The molecule has 0 saturated carbocycles. The Morgan fingerprint density at radius 3 is 2.68 bits per heavy atom. The van der Waals surface area contributed by atoms with E-state index in [1.807, 2.05) is 0 Å². The minimum atomic E-state index is -0.945. The number of aliphatic carboxylic acids is 1. The van der Waals surface area contributed by atoms with E-state index in [4.69, 9.17) is 19.3 Å². The van der Waals surface area contributed by atoms with Gasteiger partial charge >= 0.3 is 5.97 Å². The molecular formula is C15H19NO6. The van der Waals surface area contributed by atoms with Crippen molar-refractivity contribution in [3.63, 3.8) is 0 Å². The molecule has 0 spiro atoms. The molecule has 1 aliphatic rings. The number of ether oxygens (including phenoxy) is 3. The van der Waals surface area contributed by atoms with Crippen molar-refractivity contribution in [2.24, 2.45) is 5.92 Å². The van der Waals surface area contributed by atoms with Gasteiger partial charge in [0.2, 0.25) is 5.75 Å². The van der Waals surface area contributed by atoms with Crippen LogP contribution in [0.5, 0.6) is 17.2 Å². The van der Waals surface area contributed by atoms with Gasteiger partial charge in [0.05, 0.1) is 13.0 Å². The van der Waals surface area contributed by atoms with Crippen LogP contribution in [0.15, 0.2) is 12.1 Å². The van der Waals surface area contributed by atoms with Crippen LogP contribution >= 0.6 is 0 Å². The van der Waals surface area contributed by atoms with Gasteiger partial charge in [0.25, 0.3) is 5.91 Å². The van der Waals surface area contributed by atoms with E-state index in [1.54, 1.807) is 26.1 Å². The predicted octanol–water partition coefficient (Wildman–Crippen LogP) is 1.26. The minimum absolute atomic E-state index is 0.116. The second kappa shape index (κ2) is 6.55. The third kappa shape index (κ3) is 3.24. The fourth-order valence-corrected chi connectivity index (χ4v) is 2.19. The first-order chi connectivity index (χ1) is 10.4. The average Bonchev–Trinajstić information content (AvgIpc) is 2.52. The van der Waals surface area contributed by atoms with Gasteiger partial charge in [0.1, 0.15) is 13.2 Å². The quantitative estimate of drug-likeness (QED) is 0.881. The SMILES string of the molecule is COc1cc(C(=O)N(C)C[C@@H](C)C(=O)O)cc2c1OCCO2. The smallest absolute Gasteiger partial charge is 0.308 e. The lowest BCUT2D eigenvalue weighted by Gasteiger charge is -2.23. The van der Waals surface area contributed by atoms with Crippen molar-refractivity contribution in [1.29, 1.82) is 0 Å². The van der Waals surface area contributed by atoms with Gasteiger partial charge in [-0.3, -0.25) is 9.59 Å². The maximum Gasteiger partial charge on any atom is 0.308 e. The molecule has 1 aromatic rings. The first-order valence-corrected chi connectivity index (χ1v) is 6.90. The highest BCUT2D eigenvalue weighted by Gasteiger charge is 2.24. The lowest BCUT2D eigenvalue weighted by Crippen LogP contribution is -2.33. The molecule has 1 aromatic carbocycles. The van der Waals surface area contributed by atoms with E-state index >= 15 is 0 Å². The lowest BCUT2D eigenvalue weighted by atomic mass is 10.1. The molecule has 0 fully saturated rings. The van der Waals surface area contributed by atoms with E-state index in [0.717, 1.165) is 0 Å². The third-order valence-corrected chi connectivity index (χ3v) is 3.39. The molecule has 2 rings (SSSR count). The van der Waals surface area contributed by atoms with Crippen molar-refractivity contribution < 1.29 is 28.9 Å². The molecule has 7 nitrogen and oxygen atoms in total. The van der Waals surface area contributed by atoms with Crippen LogP contribution in [0, 0.1) is 5.92 Å². The standard InChI is InChI=1S/C15H19NO6/c1-9(15(18)19)8-16(2)14(17)10-6-11(20-3)13-12(7-10)21-4-5-22-13/h6-7,9H,4-5,8H2,1-3H3,(H,18,19)/t9-/m1/s1. The Kier molecular flexibility index (Phi) is 4.75. The molecule has 7 heteroatoms. The van der Waals surface area contributed by atoms with Gasteiger partial charge in [-0.05, 0) is 12.1 Å². The van der Waals surface area contributed by atoms with E-state index in [0.29, 0.717) is 36.0 Å². The van der Waals surface area contributed by atoms with Gasteiger partial charge in [-0.2, -0.15) is 0 Å². The van der Waals surface area contributed by atoms with Crippen LogP contribution < -0.4 is 14.2 Å². The summed E-state index contributed by atoms with van der Waals surface area (Å²) in [6, 6.07) is 3.15. The fourth-order valence-electron chi connectivity index (χ4n) is 2.19. The van der Waals surface area contributed by atoms with Crippen molar-refractivity contribution in [3.8, 4) is 17.2 Å². The van der Waals surface area contributed by atoms with Crippen LogP contribution in [0.25, 0.3) is 0 Å². The Hall–Kier alpha value is -2.44. The summed E-state index contributed by atoms with van der Waals surface area (Å²) in [6.07, 6.45) is 0. The Balaban J connectivity index is 2.24. The normalized spacial score (nSPS) is 14.1. The molecule has 22 heavy (non-hydrogen) atoms. The molecule has 1 aliphatic heterocycles. The molecule has 120 valence electrons. The summed E-state index contributed by atoms with van der Waals surface area (Å²) in [6.45, 7) is 2.49. The fraction of sp³-hybridized carbons (Fsp3) is 0.467. The van der Waals surface area contributed by atoms with Crippen LogP contribution in [0.2, 0.25) is 0 Å². The minimum Gasteiger partial charge on any atom is -0.493 e. The number of amides is 1. The van der Waals surface area contributed by atoms with Crippen molar-refractivity contribution in [2.45, 2.75) is 6.92 Å². The molecular weight excluding hydrogens is 290 g/mol. The Bertz CT molecular complexity index is 568. The summed E-state index contributed by atoms with van der Waals surface area (Å²) in [5.74, 6) is -0.545. The Labute approximate surface area is 128 Å². The number of methoxy groups -OCH3 is 1. The van der Waals surface area contributed by atoms with Crippen molar-refractivity contribution >= 4 is 11.9 Å². The zero-order valence-electron chi connectivity index (χ0n) is 12.8. The summed E-state index contributed by atoms with van der Waals surface area (Å²) in [5.41, 5.74) is 0.362. The van der Waals surface area contributed by atoms with E-state index < -0.39 is 11.9 Å². The number of hydrogen-bond acceptors (Lipinski definition) is 5. The van der Waals surface area contributed by atoms with Crippen molar-refractivity contribution in [1.82, 2.24) is 4.90 Å². The van der Waals surface area contributed by atoms with Crippen LogP contribution in [0.4, 0.5) is 0 Å². The van der Waals surface area contributed by atoms with Gasteiger partial charge in [-0.1, -0.05) is 6.92 Å². The van der Waals surface area contributed by atoms with Gasteiger partial charge < -0.3 is 24.2 Å². The molecule has 0 saturated heterocycles. The van der Waals surface area contributed by atoms with E-state index in [2.05, 4.69) is 0 Å². The first-order valence-electron chi connectivity index (χ1n) is 6.90. The Morgan fingerprint density at radius 2 is 2.05 bits per heavy atom. The summed E-state index contributed by atoms with van der Waals surface area (Å²) >= 11 is 0. The number of carboxylic acids is 1. The molecule has 0 aromatic heterocycles. The second-order valence-corrected chi connectivity index (χ2v) is 5.13. The van der Waals surface area contributed by atoms with Crippen molar-refractivity contribution in [2.75, 3.05) is 33.9 Å². The summed E-state index contributed by atoms with van der Waals surface area (Å²) < 4.78 is 16.2. The topological polar surface area (TPSA) is 85.3 Å². The monoisotopic (exact) mass is 309 g/mol. The molecule has 0 bridgehead atoms. The van der Waals surface area contributed by atoms with Crippen LogP contribution in [0.1, 0.15) is 17.3 Å². The predicted molar refractivity (Wildman–Crippen MR) is 77.7 cm³/mol. The van der Waals surface area contributed by atoms with Gasteiger partial charge in [0.15, 0.2) is 11.5 Å². The average molecular weight is 309 g/mol. The number of nitrogens with zero attached hydrogens (tertiary/aromatic N) is 1. The number of hydrogen-bond donors (Lipinski definition) is 1. The zero-order chi connectivity index (χ0) is 16.3. The largest absolute Gasteiger partial charge is 0.493 e. The number of carbonyl (C=O) groups is 2. The van der Waals surface area contributed by atoms with Crippen LogP contribution in [-0.4, -0.2) is 55.8 Å². The molecule has 0 radical (unpaired) electrons. The molecule has 0 unspecified atom stereocenters. The maximum atomic E-state index is 12.4. The number of fused-ring (bicyclic) bond motifs is 1. The molecule has 1 N–H and O–H groups in total. The highest BCUT2D eigenvalue weighted by molar-refractivity contribution is 5.95. The van der Waals surface area contributed by atoms with Gasteiger partial charge in [-0.25, -0.2) is 0 Å². The molecule has 1 heterocycles. The third-order valence-electron chi connectivity index (χ3n) is 3.39. The Morgan fingerprint density at radius 1 is 1.36 bits per heavy atom. The molecule has 1 atom stereocenters. The summed E-state index contributed by atoms with van der Waals surface area (Å²) in [5, 5.41) is 8.93. The van der Waals surface area contributed by atoms with Crippen molar-refractivity contribution in [3.05, 3.63) is 17.7 Å².